The number of carbonyl (C=O) groups is 1. The van der Waals surface area contributed by atoms with Gasteiger partial charge in [-0.3, -0.25) is 4.79 Å². The van der Waals surface area contributed by atoms with Crippen LogP contribution in [0.5, 0.6) is 11.5 Å². The number of anilines is 1. The lowest BCUT2D eigenvalue weighted by molar-refractivity contribution is -0.114. The number of amides is 1. The third-order valence-electron chi connectivity index (χ3n) is 4.96. The molecule has 1 aliphatic rings. The Morgan fingerprint density at radius 2 is 1.81 bits per heavy atom. The van der Waals surface area contributed by atoms with Crippen LogP contribution in [-0.2, 0) is 11.4 Å². The number of carbonyl (C=O) groups excluding carboxylic acids is 1. The zero-order chi connectivity index (χ0) is 22.7. The standard InChI is InChI=1S/C25H20BrFN2O3/c1-16-20(25(30)29(28-16)19-9-4-3-5-10-19)12-17-13-21(26)24(23(14-17)31-2)32-15-18-8-6-7-11-22(18)27/h3-14H,15H2,1-2H3. The van der Waals surface area contributed by atoms with E-state index in [1.165, 1.54) is 18.2 Å². The van der Waals surface area contributed by atoms with Crippen molar-refractivity contribution in [1.29, 1.82) is 0 Å². The van der Waals surface area contributed by atoms with Crippen LogP contribution in [0.4, 0.5) is 10.1 Å². The molecule has 32 heavy (non-hydrogen) atoms. The average Bonchev–Trinajstić information content (AvgIpc) is 3.08. The number of methoxy groups -OCH3 is 1. The van der Waals surface area contributed by atoms with E-state index in [0.29, 0.717) is 38.5 Å². The van der Waals surface area contributed by atoms with Gasteiger partial charge < -0.3 is 9.47 Å². The molecule has 0 aliphatic carbocycles. The lowest BCUT2D eigenvalue weighted by Crippen LogP contribution is -2.21. The van der Waals surface area contributed by atoms with Crippen LogP contribution >= 0.6 is 15.9 Å². The molecule has 1 amide bonds. The summed E-state index contributed by atoms with van der Waals surface area (Å²) in [4.78, 5) is 13.0. The number of halogens is 2. The highest BCUT2D eigenvalue weighted by Gasteiger charge is 2.28. The molecule has 4 rings (SSSR count). The first kappa shape index (κ1) is 21.8. The van der Waals surface area contributed by atoms with Gasteiger partial charge in [-0.2, -0.15) is 10.1 Å². The van der Waals surface area contributed by atoms with Crippen LogP contribution in [0, 0.1) is 5.82 Å². The first-order valence-electron chi connectivity index (χ1n) is 9.88. The molecule has 0 atom stereocenters. The number of hydrogen-bond donors (Lipinski definition) is 0. The molecule has 0 spiro atoms. The summed E-state index contributed by atoms with van der Waals surface area (Å²) in [5.41, 5.74) is 2.99. The Kier molecular flexibility index (Phi) is 6.37. The van der Waals surface area contributed by atoms with Crippen molar-refractivity contribution in [2.45, 2.75) is 13.5 Å². The fourth-order valence-electron chi connectivity index (χ4n) is 3.32. The second-order valence-electron chi connectivity index (χ2n) is 7.11. The van der Waals surface area contributed by atoms with Gasteiger partial charge in [0.2, 0.25) is 0 Å². The second kappa shape index (κ2) is 9.36. The molecule has 0 unspecified atom stereocenters. The van der Waals surface area contributed by atoms with E-state index in [2.05, 4.69) is 21.0 Å². The molecule has 0 radical (unpaired) electrons. The molecular formula is C25H20BrFN2O3. The summed E-state index contributed by atoms with van der Waals surface area (Å²) in [7, 11) is 1.53. The number of hydrazone groups is 1. The fraction of sp³-hybridized carbons (Fsp3) is 0.120. The lowest BCUT2D eigenvalue weighted by Gasteiger charge is -2.14. The Morgan fingerprint density at radius 1 is 1.09 bits per heavy atom. The molecule has 0 N–H and O–H groups in total. The molecule has 0 aromatic heterocycles. The van der Waals surface area contributed by atoms with Crippen LogP contribution in [0.25, 0.3) is 6.08 Å². The first-order chi connectivity index (χ1) is 15.5. The van der Waals surface area contributed by atoms with E-state index in [-0.39, 0.29) is 18.3 Å². The van der Waals surface area contributed by atoms with Gasteiger partial charge >= 0.3 is 0 Å². The molecule has 162 valence electrons. The maximum Gasteiger partial charge on any atom is 0.280 e. The van der Waals surface area contributed by atoms with Crippen molar-refractivity contribution >= 4 is 39.3 Å². The number of benzene rings is 3. The number of hydrogen-bond acceptors (Lipinski definition) is 4. The molecule has 1 aliphatic heterocycles. The molecule has 3 aromatic carbocycles. The molecular weight excluding hydrogens is 475 g/mol. The van der Waals surface area contributed by atoms with Crippen LogP contribution in [0.1, 0.15) is 18.1 Å². The molecule has 3 aromatic rings. The zero-order valence-corrected chi connectivity index (χ0v) is 19.1. The highest BCUT2D eigenvalue weighted by atomic mass is 79.9. The Balaban J connectivity index is 1.60. The molecule has 0 saturated heterocycles. The predicted octanol–water partition coefficient (Wildman–Crippen LogP) is 5.98. The van der Waals surface area contributed by atoms with Gasteiger partial charge in [0.15, 0.2) is 11.5 Å². The van der Waals surface area contributed by atoms with Gasteiger partial charge in [0.25, 0.3) is 5.91 Å². The van der Waals surface area contributed by atoms with Gasteiger partial charge in [0.05, 0.1) is 28.6 Å². The van der Waals surface area contributed by atoms with Crippen LogP contribution in [0.15, 0.2) is 81.9 Å². The Morgan fingerprint density at radius 3 is 2.53 bits per heavy atom. The molecule has 7 heteroatoms. The summed E-state index contributed by atoms with van der Waals surface area (Å²) in [5, 5.41) is 5.79. The van der Waals surface area contributed by atoms with E-state index < -0.39 is 0 Å². The molecule has 0 bridgehead atoms. The van der Waals surface area contributed by atoms with Crippen molar-refractivity contribution in [1.82, 2.24) is 0 Å². The zero-order valence-electron chi connectivity index (χ0n) is 17.5. The SMILES string of the molecule is COc1cc(C=C2C(=O)N(c3ccccc3)N=C2C)cc(Br)c1OCc1ccccc1F. The van der Waals surface area contributed by atoms with Crippen LogP contribution in [0.3, 0.4) is 0 Å². The van der Waals surface area contributed by atoms with Crippen molar-refractivity contribution in [3.05, 3.63) is 93.7 Å². The van der Waals surface area contributed by atoms with Crippen molar-refractivity contribution in [2.24, 2.45) is 5.10 Å². The monoisotopic (exact) mass is 494 g/mol. The molecule has 5 nitrogen and oxygen atoms in total. The maximum atomic E-state index is 13.9. The highest BCUT2D eigenvalue weighted by Crippen LogP contribution is 2.38. The lowest BCUT2D eigenvalue weighted by atomic mass is 10.1. The van der Waals surface area contributed by atoms with Crippen LogP contribution in [-0.4, -0.2) is 18.7 Å². The minimum Gasteiger partial charge on any atom is -0.493 e. The summed E-state index contributed by atoms with van der Waals surface area (Å²) in [5.74, 6) is 0.375. The van der Waals surface area contributed by atoms with E-state index in [1.54, 1.807) is 37.3 Å². The highest BCUT2D eigenvalue weighted by molar-refractivity contribution is 9.10. The fourth-order valence-corrected chi connectivity index (χ4v) is 3.90. The van der Waals surface area contributed by atoms with E-state index >= 15 is 0 Å². The third-order valence-corrected chi connectivity index (χ3v) is 5.54. The molecule has 0 saturated carbocycles. The summed E-state index contributed by atoms with van der Waals surface area (Å²) >= 11 is 3.51. The number of nitrogens with zero attached hydrogens (tertiary/aromatic N) is 2. The van der Waals surface area contributed by atoms with E-state index in [1.807, 2.05) is 36.4 Å². The quantitative estimate of drug-likeness (QED) is 0.396. The number of ether oxygens (including phenoxy) is 2. The van der Waals surface area contributed by atoms with E-state index in [4.69, 9.17) is 9.47 Å². The second-order valence-corrected chi connectivity index (χ2v) is 7.96. The van der Waals surface area contributed by atoms with Gasteiger partial charge in [0, 0.05) is 5.56 Å². The molecule has 0 fully saturated rings. The number of rotatable bonds is 6. The summed E-state index contributed by atoms with van der Waals surface area (Å²) in [6, 6.07) is 19.3. The number of para-hydroxylation sites is 1. The summed E-state index contributed by atoms with van der Waals surface area (Å²) < 4.78 is 25.9. The first-order valence-corrected chi connectivity index (χ1v) is 10.7. The van der Waals surface area contributed by atoms with Gasteiger partial charge in [-0.25, -0.2) is 4.39 Å². The van der Waals surface area contributed by atoms with Crippen molar-refractivity contribution in [2.75, 3.05) is 12.1 Å². The van der Waals surface area contributed by atoms with Crippen molar-refractivity contribution in [3.63, 3.8) is 0 Å². The normalized spacial score (nSPS) is 14.6. The van der Waals surface area contributed by atoms with E-state index in [9.17, 15) is 9.18 Å². The average molecular weight is 495 g/mol. The smallest absolute Gasteiger partial charge is 0.280 e. The topological polar surface area (TPSA) is 51.1 Å². The van der Waals surface area contributed by atoms with Crippen LogP contribution < -0.4 is 14.5 Å². The summed E-state index contributed by atoms with van der Waals surface area (Å²) in [6.07, 6.45) is 1.76. The largest absolute Gasteiger partial charge is 0.493 e. The Bertz CT molecular complexity index is 1230. The minimum atomic E-state index is -0.332. The van der Waals surface area contributed by atoms with Crippen LogP contribution in [0.2, 0.25) is 0 Å². The summed E-state index contributed by atoms with van der Waals surface area (Å²) in [6.45, 7) is 1.85. The van der Waals surface area contributed by atoms with Gasteiger partial charge in [-0.05, 0) is 64.8 Å². The van der Waals surface area contributed by atoms with Crippen molar-refractivity contribution < 1.29 is 18.7 Å². The Labute approximate surface area is 193 Å². The Hall–Kier alpha value is -3.45. The van der Waals surface area contributed by atoms with E-state index in [0.717, 1.165) is 5.56 Å². The van der Waals surface area contributed by atoms with Gasteiger partial charge in [-0.1, -0.05) is 36.4 Å². The third kappa shape index (κ3) is 4.43. The van der Waals surface area contributed by atoms with Gasteiger partial charge in [0.1, 0.15) is 12.4 Å². The van der Waals surface area contributed by atoms with Gasteiger partial charge in [-0.15, -0.1) is 0 Å². The predicted molar refractivity (Wildman–Crippen MR) is 126 cm³/mol. The molecule has 1 heterocycles. The maximum absolute atomic E-state index is 13.9. The van der Waals surface area contributed by atoms with Crippen molar-refractivity contribution in [3.8, 4) is 11.5 Å². The minimum absolute atomic E-state index is 0.0539.